The van der Waals surface area contributed by atoms with Crippen LogP contribution in [0.1, 0.15) is 49.4 Å². The number of pyridine rings is 1. The molecule has 1 aromatic rings. The summed E-state index contributed by atoms with van der Waals surface area (Å²) in [4.78, 5) is 12.1. The zero-order chi connectivity index (χ0) is 11.5. The first-order chi connectivity index (χ1) is 7.74. The Morgan fingerprint density at radius 3 is 2.62 bits per heavy atom. The number of aromatic nitrogens is 1. The van der Waals surface area contributed by atoms with Crippen LogP contribution in [0, 0.1) is 6.92 Å². The maximum absolute atomic E-state index is 12.1. The summed E-state index contributed by atoms with van der Waals surface area (Å²) in [5, 5.41) is 9.12. The Bertz CT molecular complexity index is 416. The predicted molar refractivity (Wildman–Crippen MR) is 63.5 cm³/mol. The average molecular weight is 221 g/mol. The lowest BCUT2D eigenvalue weighted by atomic mass is 9.94. The van der Waals surface area contributed by atoms with E-state index < -0.39 is 0 Å². The molecule has 1 fully saturated rings. The van der Waals surface area contributed by atoms with Gasteiger partial charge in [0.25, 0.3) is 5.56 Å². The standard InChI is InChI=1S/C13H19NO2/c1-10-7-8-11(9-15)13(16)14(10)12-5-3-2-4-6-12/h7-8,12,15H,2-6,9H2,1H3. The third-order valence-electron chi connectivity index (χ3n) is 3.51. The summed E-state index contributed by atoms with van der Waals surface area (Å²) < 4.78 is 1.88. The van der Waals surface area contributed by atoms with Crippen LogP contribution in [0.25, 0.3) is 0 Å². The highest BCUT2D eigenvalue weighted by Crippen LogP contribution is 2.27. The summed E-state index contributed by atoms with van der Waals surface area (Å²) in [5.41, 5.74) is 1.51. The zero-order valence-electron chi connectivity index (χ0n) is 9.78. The van der Waals surface area contributed by atoms with Gasteiger partial charge in [0.15, 0.2) is 0 Å². The lowest BCUT2D eigenvalue weighted by molar-refractivity contribution is 0.275. The van der Waals surface area contributed by atoms with E-state index in [0.717, 1.165) is 18.5 Å². The van der Waals surface area contributed by atoms with Crippen LogP contribution in [-0.4, -0.2) is 9.67 Å². The fourth-order valence-electron chi connectivity index (χ4n) is 2.60. The van der Waals surface area contributed by atoms with Gasteiger partial charge >= 0.3 is 0 Å². The van der Waals surface area contributed by atoms with Gasteiger partial charge in [-0.3, -0.25) is 4.79 Å². The number of hydrogen-bond donors (Lipinski definition) is 1. The number of hydrogen-bond acceptors (Lipinski definition) is 2. The van der Waals surface area contributed by atoms with Crippen molar-refractivity contribution in [3.63, 3.8) is 0 Å². The van der Waals surface area contributed by atoms with Crippen molar-refractivity contribution in [1.82, 2.24) is 4.57 Å². The molecule has 1 aromatic heterocycles. The minimum absolute atomic E-state index is 0.00519. The Balaban J connectivity index is 2.41. The third-order valence-corrected chi connectivity index (χ3v) is 3.51. The van der Waals surface area contributed by atoms with E-state index in [1.165, 1.54) is 19.3 Å². The summed E-state index contributed by atoms with van der Waals surface area (Å²) >= 11 is 0. The largest absolute Gasteiger partial charge is 0.391 e. The number of aliphatic hydroxyl groups is 1. The molecule has 1 saturated carbocycles. The number of aryl methyl sites for hydroxylation is 1. The van der Waals surface area contributed by atoms with Crippen LogP contribution in [-0.2, 0) is 6.61 Å². The van der Waals surface area contributed by atoms with Gasteiger partial charge < -0.3 is 9.67 Å². The Labute approximate surface area is 95.7 Å². The quantitative estimate of drug-likeness (QED) is 0.831. The van der Waals surface area contributed by atoms with E-state index in [1.54, 1.807) is 6.07 Å². The van der Waals surface area contributed by atoms with E-state index in [4.69, 9.17) is 5.11 Å². The molecule has 0 aliphatic heterocycles. The highest BCUT2D eigenvalue weighted by Gasteiger charge is 2.18. The first kappa shape index (κ1) is 11.4. The van der Waals surface area contributed by atoms with Crippen molar-refractivity contribution in [3.8, 4) is 0 Å². The second kappa shape index (κ2) is 4.83. The van der Waals surface area contributed by atoms with Gasteiger partial charge in [0.2, 0.25) is 0 Å². The van der Waals surface area contributed by atoms with E-state index in [9.17, 15) is 4.79 Å². The molecule has 1 N–H and O–H groups in total. The summed E-state index contributed by atoms with van der Waals surface area (Å²) in [5.74, 6) is 0. The van der Waals surface area contributed by atoms with Crippen LogP contribution in [0.2, 0.25) is 0 Å². The van der Waals surface area contributed by atoms with Crippen molar-refractivity contribution >= 4 is 0 Å². The first-order valence-electron chi connectivity index (χ1n) is 6.06. The van der Waals surface area contributed by atoms with Crippen LogP contribution in [0.4, 0.5) is 0 Å². The molecule has 1 heterocycles. The third kappa shape index (κ3) is 2.05. The summed E-state index contributed by atoms with van der Waals surface area (Å²) in [7, 11) is 0. The van der Waals surface area contributed by atoms with E-state index in [-0.39, 0.29) is 12.2 Å². The summed E-state index contributed by atoms with van der Waals surface area (Å²) in [6.45, 7) is 1.81. The molecule has 1 aliphatic carbocycles. The molecule has 2 rings (SSSR count). The Morgan fingerprint density at radius 2 is 2.00 bits per heavy atom. The van der Waals surface area contributed by atoms with Crippen LogP contribution in [0.5, 0.6) is 0 Å². The zero-order valence-corrected chi connectivity index (χ0v) is 9.78. The van der Waals surface area contributed by atoms with Gasteiger partial charge in [0.1, 0.15) is 0 Å². The molecule has 1 aliphatic rings. The average Bonchev–Trinajstić information content (AvgIpc) is 2.31. The highest BCUT2D eigenvalue weighted by atomic mass is 16.3. The van der Waals surface area contributed by atoms with Crippen molar-refractivity contribution in [1.29, 1.82) is 0 Å². The second-order valence-electron chi connectivity index (χ2n) is 4.63. The van der Waals surface area contributed by atoms with Gasteiger partial charge in [-0.25, -0.2) is 0 Å². The van der Waals surface area contributed by atoms with E-state index in [1.807, 2.05) is 17.6 Å². The minimum Gasteiger partial charge on any atom is -0.391 e. The molecule has 0 amide bonds. The minimum atomic E-state index is -0.161. The monoisotopic (exact) mass is 221 g/mol. The van der Waals surface area contributed by atoms with E-state index >= 15 is 0 Å². The first-order valence-corrected chi connectivity index (χ1v) is 6.06. The van der Waals surface area contributed by atoms with Gasteiger partial charge in [-0.15, -0.1) is 0 Å². The van der Waals surface area contributed by atoms with E-state index in [0.29, 0.717) is 11.6 Å². The van der Waals surface area contributed by atoms with Crippen molar-refractivity contribution in [2.24, 2.45) is 0 Å². The Kier molecular flexibility index (Phi) is 3.44. The lowest BCUT2D eigenvalue weighted by Gasteiger charge is -2.26. The molecule has 0 unspecified atom stereocenters. The van der Waals surface area contributed by atoms with Crippen LogP contribution in [0.3, 0.4) is 0 Å². The van der Waals surface area contributed by atoms with Crippen molar-refractivity contribution in [2.75, 3.05) is 0 Å². The molecule has 3 nitrogen and oxygen atoms in total. The fraction of sp³-hybridized carbons (Fsp3) is 0.615. The normalized spacial score (nSPS) is 17.6. The van der Waals surface area contributed by atoms with E-state index in [2.05, 4.69) is 0 Å². The Morgan fingerprint density at radius 1 is 1.31 bits per heavy atom. The summed E-state index contributed by atoms with van der Waals surface area (Å²) in [6, 6.07) is 4.01. The van der Waals surface area contributed by atoms with Gasteiger partial charge in [0.05, 0.1) is 6.61 Å². The molecule has 0 radical (unpaired) electrons. The Hall–Kier alpha value is -1.09. The summed E-state index contributed by atoms with van der Waals surface area (Å²) in [6.07, 6.45) is 5.88. The SMILES string of the molecule is Cc1ccc(CO)c(=O)n1C1CCCCC1. The molecular weight excluding hydrogens is 202 g/mol. The molecule has 0 atom stereocenters. The molecular formula is C13H19NO2. The highest BCUT2D eigenvalue weighted by molar-refractivity contribution is 5.15. The van der Waals surface area contributed by atoms with Crippen molar-refractivity contribution in [2.45, 2.75) is 51.7 Å². The van der Waals surface area contributed by atoms with Gasteiger partial charge in [-0.1, -0.05) is 19.3 Å². The number of nitrogens with zero attached hydrogens (tertiary/aromatic N) is 1. The molecule has 0 aromatic carbocycles. The maximum atomic E-state index is 12.1. The molecule has 0 bridgehead atoms. The molecule has 3 heteroatoms. The number of aliphatic hydroxyl groups excluding tert-OH is 1. The second-order valence-corrected chi connectivity index (χ2v) is 4.63. The number of rotatable bonds is 2. The topological polar surface area (TPSA) is 42.2 Å². The molecule has 0 spiro atoms. The van der Waals surface area contributed by atoms with Crippen LogP contribution < -0.4 is 5.56 Å². The fourth-order valence-corrected chi connectivity index (χ4v) is 2.60. The van der Waals surface area contributed by atoms with Crippen molar-refractivity contribution in [3.05, 3.63) is 33.7 Å². The molecule has 88 valence electrons. The van der Waals surface area contributed by atoms with Gasteiger partial charge in [-0.2, -0.15) is 0 Å². The molecule has 0 saturated heterocycles. The van der Waals surface area contributed by atoms with Gasteiger partial charge in [0, 0.05) is 17.3 Å². The van der Waals surface area contributed by atoms with Crippen LogP contribution in [0.15, 0.2) is 16.9 Å². The van der Waals surface area contributed by atoms with Gasteiger partial charge in [-0.05, 0) is 31.9 Å². The maximum Gasteiger partial charge on any atom is 0.256 e. The predicted octanol–water partition coefficient (Wildman–Crippen LogP) is 2.15. The van der Waals surface area contributed by atoms with Crippen LogP contribution >= 0.6 is 0 Å². The lowest BCUT2D eigenvalue weighted by Crippen LogP contribution is -2.30. The smallest absolute Gasteiger partial charge is 0.256 e. The van der Waals surface area contributed by atoms with Crippen molar-refractivity contribution < 1.29 is 5.11 Å². The molecule has 16 heavy (non-hydrogen) atoms.